The van der Waals surface area contributed by atoms with Gasteiger partial charge in [-0.3, -0.25) is 0 Å². The SMILES string of the molecule is CNS(=O)(=O)CCCCl. The van der Waals surface area contributed by atoms with E-state index in [1.165, 1.54) is 7.05 Å². The largest absolute Gasteiger partial charge is 0.218 e. The van der Waals surface area contributed by atoms with Gasteiger partial charge in [0.15, 0.2) is 0 Å². The molecule has 0 fully saturated rings. The Morgan fingerprint density at radius 3 is 2.44 bits per heavy atom. The molecule has 3 nitrogen and oxygen atoms in total. The lowest BCUT2D eigenvalue weighted by Crippen LogP contribution is -2.21. The number of rotatable bonds is 4. The van der Waals surface area contributed by atoms with Crippen molar-refractivity contribution in [2.45, 2.75) is 6.42 Å². The van der Waals surface area contributed by atoms with Gasteiger partial charge < -0.3 is 0 Å². The zero-order valence-corrected chi connectivity index (χ0v) is 6.80. The van der Waals surface area contributed by atoms with E-state index >= 15 is 0 Å². The van der Waals surface area contributed by atoms with Gasteiger partial charge in [-0.15, -0.1) is 11.6 Å². The molecule has 0 heterocycles. The van der Waals surface area contributed by atoms with Crippen LogP contribution in [0.3, 0.4) is 0 Å². The molecule has 9 heavy (non-hydrogen) atoms. The van der Waals surface area contributed by atoms with Crippen LogP contribution in [0.25, 0.3) is 0 Å². The molecular weight excluding hydrogens is 162 g/mol. The smallest absolute Gasteiger partial charge is 0.211 e. The molecule has 0 aliphatic heterocycles. The quantitative estimate of drug-likeness (QED) is 0.613. The van der Waals surface area contributed by atoms with Gasteiger partial charge in [-0.2, -0.15) is 0 Å². The predicted octanol–water partition coefficient (Wildman–Crippen LogP) is 0.164. The van der Waals surface area contributed by atoms with E-state index in [4.69, 9.17) is 11.6 Å². The maximum Gasteiger partial charge on any atom is 0.211 e. The van der Waals surface area contributed by atoms with E-state index in [9.17, 15) is 8.42 Å². The van der Waals surface area contributed by atoms with Gasteiger partial charge >= 0.3 is 0 Å². The standard InChI is InChI=1S/C4H10ClNO2S/c1-6-9(7,8)4-2-3-5/h6H,2-4H2,1H3. The van der Waals surface area contributed by atoms with Crippen LogP contribution in [0.15, 0.2) is 0 Å². The van der Waals surface area contributed by atoms with Gasteiger partial charge in [0.05, 0.1) is 5.75 Å². The maximum atomic E-state index is 10.6. The topological polar surface area (TPSA) is 46.2 Å². The number of hydrogen-bond acceptors (Lipinski definition) is 2. The minimum absolute atomic E-state index is 0.118. The maximum absolute atomic E-state index is 10.6. The first-order valence-electron chi connectivity index (χ1n) is 2.59. The summed E-state index contributed by atoms with van der Waals surface area (Å²) < 4.78 is 23.4. The number of alkyl halides is 1. The molecule has 0 aromatic rings. The first-order chi connectivity index (χ1) is 4.12. The summed E-state index contributed by atoms with van der Waals surface area (Å²) in [6, 6.07) is 0. The Morgan fingerprint density at radius 2 is 2.11 bits per heavy atom. The Kier molecular flexibility index (Phi) is 4.18. The average Bonchev–Trinajstić information content (AvgIpc) is 1.84. The summed E-state index contributed by atoms with van der Waals surface area (Å²) in [5, 5.41) is 0. The normalized spacial score (nSPS) is 11.8. The average molecular weight is 172 g/mol. The van der Waals surface area contributed by atoms with E-state index in [2.05, 4.69) is 4.72 Å². The van der Waals surface area contributed by atoms with Crippen molar-refractivity contribution in [3.63, 3.8) is 0 Å². The Balaban J connectivity index is 3.61. The van der Waals surface area contributed by atoms with E-state index in [0.717, 1.165) is 0 Å². The highest BCUT2D eigenvalue weighted by molar-refractivity contribution is 7.89. The Hall–Kier alpha value is 0.200. The lowest BCUT2D eigenvalue weighted by Gasteiger charge is -1.97. The Morgan fingerprint density at radius 1 is 1.56 bits per heavy atom. The third-order valence-electron chi connectivity index (χ3n) is 0.858. The summed E-state index contributed by atoms with van der Waals surface area (Å²) in [5.41, 5.74) is 0. The monoisotopic (exact) mass is 171 g/mol. The fourth-order valence-corrected chi connectivity index (χ4v) is 1.37. The summed E-state index contributed by atoms with van der Waals surface area (Å²) in [6.45, 7) is 0. The molecule has 56 valence electrons. The molecule has 0 aliphatic carbocycles. The fourth-order valence-electron chi connectivity index (χ4n) is 0.347. The van der Waals surface area contributed by atoms with Gasteiger partial charge in [0.2, 0.25) is 10.0 Å². The van der Waals surface area contributed by atoms with Crippen molar-refractivity contribution in [2.75, 3.05) is 18.7 Å². The second kappa shape index (κ2) is 4.09. The van der Waals surface area contributed by atoms with E-state index < -0.39 is 10.0 Å². The molecule has 0 radical (unpaired) electrons. The van der Waals surface area contributed by atoms with Crippen LogP contribution in [-0.4, -0.2) is 27.1 Å². The second-order valence-electron chi connectivity index (χ2n) is 1.57. The van der Waals surface area contributed by atoms with Gasteiger partial charge in [-0.25, -0.2) is 13.1 Å². The molecule has 0 amide bonds. The van der Waals surface area contributed by atoms with Crippen LogP contribution in [-0.2, 0) is 10.0 Å². The van der Waals surface area contributed by atoms with Crippen LogP contribution >= 0.6 is 11.6 Å². The Bertz CT molecular complexity index is 154. The Labute approximate surface area is 60.4 Å². The number of halogens is 1. The van der Waals surface area contributed by atoms with Crippen molar-refractivity contribution in [1.82, 2.24) is 4.72 Å². The zero-order chi connectivity index (χ0) is 7.33. The molecule has 0 spiro atoms. The van der Waals surface area contributed by atoms with E-state index in [1.54, 1.807) is 0 Å². The van der Waals surface area contributed by atoms with Crippen LogP contribution in [0.5, 0.6) is 0 Å². The highest BCUT2D eigenvalue weighted by Gasteiger charge is 2.03. The number of nitrogens with one attached hydrogen (secondary N) is 1. The summed E-state index contributed by atoms with van der Waals surface area (Å²) in [6.07, 6.45) is 0.505. The fraction of sp³-hybridized carbons (Fsp3) is 1.00. The lowest BCUT2D eigenvalue weighted by atomic mass is 10.6. The minimum Gasteiger partial charge on any atom is -0.218 e. The molecule has 0 saturated carbocycles. The van der Waals surface area contributed by atoms with Gasteiger partial charge in [-0.1, -0.05) is 0 Å². The predicted molar refractivity (Wildman–Crippen MR) is 38.2 cm³/mol. The van der Waals surface area contributed by atoms with E-state index in [1.807, 2.05) is 0 Å². The van der Waals surface area contributed by atoms with Crippen molar-refractivity contribution in [1.29, 1.82) is 0 Å². The van der Waals surface area contributed by atoms with Crippen LogP contribution in [0, 0.1) is 0 Å². The molecule has 0 rings (SSSR count). The molecular formula is C4H10ClNO2S. The molecule has 1 N–H and O–H groups in total. The first kappa shape index (κ1) is 9.20. The van der Waals surface area contributed by atoms with Crippen LogP contribution in [0.4, 0.5) is 0 Å². The highest BCUT2D eigenvalue weighted by atomic mass is 35.5. The first-order valence-corrected chi connectivity index (χ1v) is 4.78. The van der Waals surface area contributed by atoms with E-state index in [-0.39, 0.29) is 5.75 Å². The summed E-state index contributed by atoms with van der Waals surface area (Å²) in [5.74, 6) is 0.508. The highest BCUT2D eigenvalue weighted by Crippen LogP contribution is 1.89. The second-order valence-corrected chi connectivity index (χ2v) is 3.99. The van der Waals surface area contributed by atoms with E-state index in [0.29, 0.717) is 12.3 Å². The summed E-state index contributed by atoms with van der Waals surface area (Å²) >= 11 is 5.27. The molecule has 0 atom stereocenters. The van der Waals surface area contributed by atoms with Crippen molar-refractivity contribution in [2.24, 2.45) is 0 Å². The molecule has 0 bridgehead atoms. The third kappa shape index (κ3) is 4.69. The summed E-state index contributed by atoms with van der Waals surface area (Å²) in [4.78, 5) is 0. The minimum atomic E-state index is -3.02. The zero-order valence-electron chi connectivity index (χ0n) is 5.22. The number of sulfonamides is 1. The molecule has 0 saturated heterocycles. The van der Waals surface area contributed by atoms with Gasteiger partial charge in [0.25, 0.3) is 0 Å². The van der Waals surface area contributed by atoms with Crippen LogP contribution < -0.4 is 4.72 Å². The lowest BCUT2D eigenvalue weighted by molar-refractivity contribution is 0.587. The van der Waals surface area contributed by atoms with Gasteiger partial charge in [0, 0.05) is 5.88 Å². The molecule has 0 aromatic heterocycles. The van der Waals surface area contributed by atoms with Gasteiger partial charge in [-0.05, 0) is 13.5 Å². The van der Waals surface area contributed by atoms with Crippen molar-refractivity contribution < 1.29 is 8.42 Å². The number of hydrogen-bond donors (Lipinski definition) is 1. The molecule has 5 heteroatoms. The van der Waals surface area contributed by atoms with Crippen molar-refractivity contribution in [3.8, 4) is 0 Å². The van der Waals surface area contributed by atoms with Crippen LogP contribution in [0.2, 0.25) is 0 Å². The van der Waals surface area contributed by atoms with Crippen LogP contribution in [0.1, 0.15) is 6.42 Å². The van der Waals surface area contributed by atoms with Gasteiger partial charge in [0.1, 0.15) is 0 Å². The summed E-state index contributed by atoms with van der Waals surface area (Å²) in [7, 11) is -1.62. The van der Waals surface area contributed by atoms with Crippen molar-refractivity contribution in [3.05, 3.63) is 0 Å². The molecule has 0 unspecified atom stereocenters. The molecule has 0 aliphatic rings. The third-order valence-corrected chi connectivity index (χ3v) is 2.57. The molecule has 0 aromatic carbocycles. The van der Waals surface area contributed by atoms with Crippen molar-refractivity contribution >= 4 is 21.6 Å².